The molecular weight excluding hydrogens is 541 g/mol. The molecule has 0 N–H and O–H groups in total. The third kappa shape index (κ3) is 3.30. The Balaban J connectivity index is 1.56. The van der Waals surface area contributed by atoms with Crippen molar-refractivity contribution in [3.63, 3.8) is 0 Å². The average Bonchev–Trinajstić information content (AvgIpc) is 3.39. The van der Waals surface area contributed by atoms with Crippen molar-refractivity contribution in [3.05, 3.63) is 140 Å². The molecule has 1 fully saturated rings. The van der Waals surface area contributed by atoms with E-state index in [-0.39, 0.29) is 17.3 Å². The summed E-state index contributed by atoms with van der Waals surface area (Å²) in [5.41, 5.74) is 2.93. The summed E-state index contributed by atoms with van der Waals surface area (Å²) < 4.78 is 0. The van der Waals surface area contributed by atoms with Crippen molar-refractivity contribution in [3.8, 4) is 0 Å². The van der Waals surface area contributed by atoms with Crippen LogP contribution in [0.25, 0.3) is 6.08 Å². The summed E-state index contributed by atoms with van der Waals surface area (Å²) in [5.74, 6) is -1.64. The van der Waals surface area contributed by atoms with Crippen LogP contribution in [0.15, 0.2) is 97.1 Å². The minimum absolute atomic E-state index is 0.181. The SMILES string of the molecule is Cc1ccc(C(=O)[C@H]2[C@H](c3ccc(Cl)cc3Cl)C3(C(=O)c4ccccc4C3=O)[C@@H]3C=Cc4ccccc4N32)cc1. The Kier molecular flexibility index (Phi) is 5.64. The Morgan fingerprint density at radius 1 is 0.825 bits per heavy atom. The van der Waals surface area contributed by atoms with Crippen LogP contribution in [0.1, 0.15) is 53.7 Å². The Morgan fingerprint density at radius 3 is 2.15 bits per heavy atom. The predicted octanol–water partition coefficient (Wildman–Crippen LogP) is 7.62. The van der Waals surface area contributed by atoms with E-state index in [1.54, 1.807) is 54.6 Å². The molecule has 1 saturated heterocycles. The van der Waals surface area contributed by atoms with Gasteiger partial charge in [-0.2, -0.15) is 0 Å². The predicted molar refractivity (Wildman–Crippen MR) is 158 cm³/mol. The Morgan fingerprint density at radius 2 is 1.48 bits per heavy atom. The van der Waals surface area contributed by atoms with Gasteiger partial charge in [-0.1, -0.05) is 114 Å². The molecule has 0 saturated carbocycles. The number of aryl methyl sites for hydroxylation is 1. The van der Waals surface area contributed by atoms with Crippen molar-refractivity contribution < 1.29 is 14.4 Å². The molecule has 7 rings (SSSR count). The highest BCUT2D eigenvalue weighted by Crippen LogP contribution is 2.61. The second kappa shape index (κ2) is 9.02. The lowest BCUT2D eigenvalue weighted by molar-refractivity contribution is 0.0666. The number of para-hydroxylation sites is 1. The molecule has 0 radical (unpaired) electrons. The molecule has 196 valence electrons. The van der Waals surface area contributed by atoms with Gasteiger partial charge in [0.15, 0.2) is 17.3 Å². The van der Waals surface area contributed by atoms with E-state index < -0.39 is 23.4 Å². The summed E-state index contributed by atoms with van der Waals surface area (Å²) in [4.78, 5) is 45.9. The number of nitrogens with zero attached hydrogens (tertiary/aromatic N) is 1. The van der Waals surface area contributed by atoms with Gasteiger partial charge in [-0.05, 0) is 36.2 Å². The number of ketones is 3. The van der Waals surface area contributed by atoms with Crippen LogP contribution in [0.4, 0.5) is 5.69 Å². The fraction of sp³-hybridized carbons (Fsp3) is 0.147. The van der Waals surface area contributed by atoms with Crippen molar-refractivity contribution in [2.45, 2.75) is 24.9 Å². The van der Waals surface area contributed by atoms with Gasteiger partial charge in [-0.25, -0.2) is 0 Å². The number of hydrogen-bond donors (Lipinski definition) is 0. The maximum atomic E-state index is 14.7. The van der Waals surface area contributed by atoms with E-state index >= 15 is 0 Å². The minimum atomic E-state index is -1.60. The molecule has 0 unspecified atom stereocenters. The summed E-state index contributed by atoms with van der Waals surface area (Å²) >= 11 is 13.2. The molecular formula is C34H23Cl2NO3. The van der Waals surface area contributed by atoms with Crippen LogP contribution in [0.5, 0.6) is 0 Å². The lowest BCUT2D eigenvalue weighted by atomic mass is 9.64. The van der Waals surface area contributed by atoms with Gasteiger partial charge in [0.05, 0.1) is 6.04 Å². The largest absolute Gasteiger partial charge is 0.352 e. The number of hydrogen-bond acceptors (Lipinski definition) is 4. The van der Waals surface area contributed by atoms with Gasteiger partial charge in [-0.15, -0.1) is 0 Å². The number of benzene rings is 4. The lowest BCUT2D eigenvalue weighted by Crippen LogP contribution is -2.48. The van der Waals surface area contributed by atoms with Gasteiger partial charge in [0, 0.05) is 38.3 Å². The summed E-state index contributed by atoms with van der Waals surface area (Å²) in [5, 5.41) is 0.741. The van der Waals surface area contributed by atoms with Crippen LogP contribution in [-0.2, 0) is 0 Å². The fourth-order valence-corrected chi connectivity index (χ4v) is 7.43. The third-order valence-corrected chi connectivity index (χ3v) is 9.18. The highest BCUT2D eigenvalue weighted by Gasteiger charge is 2.71. The molecule has 3 atom stereocenters. The van der Waals surface area contributed by atoms with Gasteiger partial charge in [0.2, 0.25) is 0 Å². The Hall–Kier alpha value is -3.99. The molecule has 0 bridgehead atoms. The molecule has 4 nitrogen and oxygen atoms in total. The van der Waals surface area contributed by atoms with E-state index in [0.29, 0.717) is 32.3 Å². The summed E-state index contributed by atoms with van der Waals surface area (Å²) in [6, 6.07) is 25.5. The number of carbonyl (C=O) groups excluding carboxylic acids is 3. The standard InChI is InChI=1S/C34H23Cl2NO3/c1-19-10-12-21(13-11-19)31(38)30-29(25-16-15-22(35)18-26(25)36)34(32(39)23-7-3-4-8-24(23)33(34)40)28-17-14-20-6-2-5-9-27(20)37(28)30/h2-18,28-30H,1H3/t28-,29-,30+/m0/s1. The van der Waals surface area contributed by atoms with Gasteiger partial charge in [0.1, 0.15) is 11.5 Å². The van der Waals surface area contributed by atoms with Crippen LogP contribution in [-0.4, -0.2) is 29.4 Å². The van der Waals surface area contributed by atoms with Crippen molar-refractivity contribution in [2.24, 2.45) is 5.41 Å². The van der Waals surface area contributed by atoms with E-state index in [1.807, 2.05) is 60.4 Å². The van der Waals surface area contributed by atoms with Crippen LogP contribution in [0.3, 0.4) is 0 Å². The number of halogens is 2. The number of Topliss-reactive ketones (excluding diaryl/α,β-unsaturated/α-hetero) is 3. The molecule has 1 spiro atoms. The van der Waals surface area contributed by atoms with Gasteiger partial charge < -0.3 is 4.90 Å². The number of anilines is 1. The van der Waals surface area contributed by atoms with Crippen molar-refractivity contribution >= 4 is 52.3 Å². The molecule has 3 aliphatic rings. The Labute approximate surface area is 241 Å². The number of carbonyl (C=O) groups is 3. The summed E-state index contributed by atoms with van der Waals surface area (Å²) in [7, 11) is 0. The first-order valence-electron chi connectivity index (χ1n) is 13.1. The molecule has 0 amide bonds. The lowest BCUT2D eigenvalue weighted by Gasteiger charge is -2.37. The topological polar surface area (TPSA) is 54.5 Å². The van der Waals surface area contributed by atoms with Crippen LogP contribution >= 0.6 is 23.2 Å². The molecule has 0 aromatic heterocycles. The molecule has 6 heteroatoms. The van der Waals surface area contributed by atoms with Crippen molar-refractivity contribution in [1.82, 2.24) is 0 Å². The van der Waals surface area contributed by atoms with E-state index in [9.17, 15) is 14.4 Å². The Bertz CT molecular complexity index is 1740. The van der Waals surface area contributed by atoms with E-state index in [4.69, 9.17) is 23.2 Å². The second-order valence-corrected chi connectivity index (χ2v) is 11.5. The number of rotatable bonds is 3. The first-order valence-corrected chi connectivity index (χ1v) is 13.9. The maximum absolute atomic E-state index is 14.7. The fourth-order valence-electron chi connectivity index (χ4n) is 6.90. The van der Waals surface area contributed by atoms with Gasteiger partial charge in [0.25, 0.3) is 0 Å². The summed E-state index contributed by atoms with van der Waals surface area (Å²) in [6.45, 7) is 1.96. The third-order valence-electron chi connectivity index (χ3n) is 8.62. The minimum Gasteiger partial charge on any atom is -0.352 e. The van der Waals surface area contributed by atoms with E-state index in [1.165, 1.54) is 0 Å². The molecule has 1 aliphatic carbocycles. The maximum Gasteiger partial charge on any atom is 0.185 e. The zero-order valence-corrected chi connectivity index (χ0v) is 23.0. The monoisotopic (exact) mass is 563 g/mol. The van der Waals surface area contributed by atoms with E-state index in [2.05, 4.69) is 0 Å². The second-order valence-electron chi connectivity index (χ2n) is 10.7. The normalized spacial score (nSPS) is 21.9. The van der Waals surface area contributed by atoms with Crippen LogP contribution in [0.2, 0.25) is 10.0 Å². The first kappa shape index (κ1) is 25.0. The average molecular weight is 564 g/mol. The number of fused-ring (bicyclic) bond motifs is 5. The zero-order chi connectivity index (χ0) is 27.8. The molecule has 4 aromatic rings. The quantitative estimate of drug-likeness (QED) is 0.190. The molecule has 4 aromatic carbocycles. The molecule has 40 heavy (non-hydrogen) atoms. The molecule has 2 heterocycles. The van der Waals surface area contributed by atoms with E-state index in [0.717, 1.165) is 16.8 Å². The highest BCUT2D eigenvalue weighted by molar-refractivity contribution is 6.36. The highest BCUT2D eigenvalue weighted by atomic mass is 35.5. The van der Waals surface area contributed by atoms with Crippen molar-refractivity contribution in [1.29, 1.82) is 0 Å². The molecule has 2 aliphatic heterocycles. The summed E-state index contributed by atoms with van der Waals surface area (Å²) in [6.07, 6.45) is 3.85. The van der Waals surface area contributed by atoms with Crippen LogP contribution < -0.4 is 4.90 Å². The van der Waals surface area contributed by atoms with Crippen molar-refractivity contribution in [2.75, 3.05) is 4.90 Å². The smallest absolute Gasteiger partial charge is 0.185 e. The van der Waals surface area contributed by atoms with Gasteiger partial charge >= 0.3 is 0 Å². The van der Waals surface area contributed by atoms with Crippen LogP contribution in [0, 0.1) is 12.3 Å². The first-order chi connectivity index (χ1) is 19.3. The zero-order valence-electron chi connectivity index (χ0n) is 21.5. The van der Waals surface area contributed by atoms with Gasteiger partial charge in [-0.3, -0.25) is 14.4 Å².